The Morgan fingerprint density at radius 3 is 2.78 bits per heavy atom. The van der Waals surface area contributed by atoms with Crippen molar-refractivity contribution in [1.82, 2.24) is 27.8 Å². The summed E-state index contributed by atoms with van der Waals surface area (Å²) in [5.41, 5.74) is 1.07. The van der Waals surface area contributed by atoms with Gasteiger partial charge in [-0.3, -0.25) is 0 Å². The molecule has 27 heavy (non-hydrogen) atoms. The van der Waals surface area contributed by atoms with Gasteiger partial charge in [0.15, 0.2) is 5.82 Å². The Balaban J connectivity index is 1.55. The van der Waals surface area contributed by atoms with Crippen molar-refractivity contribution < 1.29 is 8.42 Å². The molecule has 1 aliphatic heterocycles. The highest BCUT2D eigenvalue weighted by atomic mass is 32.2. The predicted molar refractivity (Wildman–Crippen MR) is 101 cm³/mol. The number of nitrogens with zero attached hydrogens (tertiary/aromatic N) is 6. The maximum atomic E-state index is 13.5. The summed E-state index contributed by atoms with van der Waals surface area (Å²) in [6.07, 6.45) is 7.95. The molecule has 0 amide bonds. The molecule has 3 heterocycles. The molecule has 8 nitrogen and oxygen atoms in total. The largest absolute Gasteiger partial charge is 0.313 e. The van der Waals surface area contributed by atoms with Gasteiger partial charge >= 0.3 is 0 Å². The van der Waals surface area contributed by atoms with Crippen LogP contribution in [0.4, 0.5) is 0 Å². The van der Waals surface area contributed by atoms with Crippen LogP contribution in [0.1, 0.15) is 56.4 Å². The molecule has 0 bridgehead atoms. The first-order valence-corrected chi connectivity index (χ1v) is 11.5. The van der Waals surface area contributed by atoms with Crippen LogP contribution in [0.15, 0.2) is 29.4 Å². The van der Waals surface area contributed by atoms with Crippen molar-refractivity contribution in [2.24, 2.45) is 0 Å². The summed E-state index contributed by atoms with van der Waals surface area (Å²) in [6, 6.07) is 5.24. The Morgan fingerprint density at radius 1 is 1.07 bits per heavy atom. The maximum absolute atomic E-state index is 13.5. The minimum absolute atomic E-state index is 0.229. The van der Waals surface area contributed by atoms with Gasteiger partial charge in [0.25, 0.3) is 0 Å². The average Bonchev–Trinajstić information content (AvgIpc) is 3.47. The van der Waals surface area contributed by atoms with E-state index in [0.29, 0.717) is 23.6 Å². The van der Waals surface area contributed by atoms with Crippen molar-refractivity contribution in [3.63, 3.8) is 0 Å². The fourth-order valence-electron chi connectivity index (χ4n) is 4.36. The first-order chi connectivity index (χ1) is 13.2. The molecule has 1 atom stereocenters. The number of rotatable bonds is 4. The van der Waals surface area contributed by atoms with E-state index in [2.05, 4.69) is 23.5 Å². The number of hydrogen-bond donors (Lipinski definition) is 0. The number of sulfonamides is 1. The third kappa shape index (κ3) is 2.77. The van der Waals surface area contributed by atoms with Crippen LogP contribution in [-0.4, -0.2) is 42.8 Å². The van der Waals surface area contributed by atoms with Crippen LogP contribution in [0.2, 0.25) is 0 Å². The zero-order valence-electron chi connectivity index (χ0n) is 14.7. The van der Waals surface area contributed by atoms with Gasteiger partial charge in [0, 0.05) is 12.6 Å². The van der Waals surface area contributed by atoms with Gasteiger partial charge < -0.3 is 4.57 Å². The zero-order valence-corrected chi connectivity index (χ0v) is 16.4. The molecule has 2 fully saturated rings. The van der Waals surface area contributed by atoms with Gasteiger partial charge in [-0.1, -0.05) is 18.9 Å². The number of aromatic nitrogens is 5. The Bertz CT molecular complexity index is 1070. The summed E-state index contributed by atoms with van der Waals surface area (Å²) in [5.74, 6) is 0.770. The van der Waals surface area contributed by atoms with Crippen molar-refractivity contribution in [3.8, 4) is 0 Å². The summed E-state index contributed by atoms with van der Waals surface area (Å²) in [6.45, 7) is 0.485. The summed E-state index contributed by atoms with van der Waals surface area (Å²) in [4.78, 5) is 0.229. The van der Waals surface area contributed by atoms with Gasteiger partial charge in [-0.25, -0.2) is 8.42 Å². The van der Waals surface area contributed by atoms with Crippen molar-refractivity contribution in [3.05, 3.63) is 30.4 Å². The monoisotopic (exact) mass is 404 g/mol. The quantitative estimate of drug-likeness (QED) is 0.664. The molecule has 1 aromatic carbocycles. The summed E-state index contributed by atoms with van der Waals surface area (Å²) in [7, 11) is -3.69. The number of hydrogen-bond acceptors (Lipinski definition) is 7. The van der Waals surface area contributed by atoms with Crippen LogP contribution < -0.4 is 0 Å². The lowest BCUT2D eigenvalue weighted by Crippen LogP contribution is -2.32. The van der Waals surface area contributed by atoms with Crippen molar-refractivity contribution in [2.45, 2.75) is 55.5 Å². The molecular weight excluding hydrogens is 384 g/mol. The van der Waals surface area contributed by atoms with Crippen LogP contribution in [0.5, 0.6) is 0 Å². The smallest absolute Gasteiger partial charge is 0.246 e. The third-order valence-electron chi connectivity index (χ3n) is 5.66. The van der Waals surface area contributed by atoms with Gasteiger partial charge in [-0.05, 0) is 37.8 Å². The minimum Gasteiger partial charge on any atom is -0.313 e. The SMILES string of the molecule is O=S(=O)(c1cccc2nsnc12)N1CCCC1c1nncn1C1CCCC1. The molecule has 0 radical (unpaired) electrons. The molecule has 142 valence electrons. The van der Waals surface area contributed by atoms with E-state index < -0.39 is 10.0 Å². The molecule has 2 aliphatic rings. The van der Waals surface area contributed by atoms with Crippen molar-refractivity contribution >= 4 is 32.8 Å². The molecule has 1 saturated carbocycles. The van der Waals surface area contributed by atoms with E-state index in [1.165, 1.54) is 12.8 Å². The molecule has 2 aromatic heterocycles. The number of benzene rings is 1. The first kappa shape index (κ1) is 17.2. The predicted octanol–water partition coefficient (Wildman–Crippen LogP) is 2.92. The molecule has 1 aliphatic carbocycles. The van der Waals surface area contributed by atoms with E-state index in [9.17, 15) is 8.42 Å². The molecule has 1 unspecified atom stereocenters. The Kier molecular flexibility index (Phi) is 4.21. The fraction of sp³-hybridized carbons (Fsp3) is 0.529. The van der Waals surface area contributed by atoms with Crippen molar-refractivity contribution in [1.29, 1.82) is 0 Å². The lowest BCUT2D eigenvalue weighted by atomic mass is 10.2. The molecule has 0 spiro atoms. The normalized spacial score (nSPS) is 22.1. The lowest BCUT2D eigenvalue weighted by molar-refractivity contribution is 0.359. The van der Waals surface area contributed by atoms with Gasteiger partial charge in [0.1, 0.15) is 22.3 Å². The van der Waals surface area contributed by atoms with E-state index in [1.54, 1.807) is 28.8 Å². The Hall–Kier alpha value is -1.91. The second-order valence-corrected chi connectivity index (χ2v) is 9.58. The van der Waals surface area contributed by atoms with Gasteiger partial charge in [-0.2, -0.15) is 13.1 Å². The first-order valence-electron chi connectivity index (χ1n) is 9.29. The fourth-order valence-corrected chi connectivity index (χ4v) is 6.76. The summed E-state index contributed by atoms with van der Waals surface area (Å²) in [5, 5.41) is 8.45. The summed E-state index contributed by atoms with van der Waals surface area (Å²) < 4.78 is 39.1. The molecule has 0 N–H and O–H groups in total. The minimum atomic E-state index is -3.69. The second kappa shape index (κ2) is 6.61. The molecule has 1 saturated heterocycles. The van der Waals surface area contributed by atoms with Crippen LogP contribution >= 0.6 is 11.7 Å². The highest BCUT2D eigenvalue weighted by Crippen LogP contribution is 2.39. The van der Waals surface area contributed by atoms with Gasteiger partial charge in [0.2, 0.25) is 10.0 Å². The highest BCUT2D eigenvalue weighted by Gasteiger charge is 2.40. The second-order valence-electron chi connectivity index (χ2n) is 7.20. The molecule has 3 aromatic rings. The van der Waals surface area contributed by atoms with Gasteiger partial charge in [-0.15, -0.1) is 10.2 Å². The maximum Gasteiger partial charge on any atom is 0.246 e. The van der Waals surface area contributed by atoms with Crippen LogP contribution in [-0.2, 0) is 10.0 Å². The average molecular weight is 405 g/mol. The molecular formula is C17H20N6O2S2. The summed E-state index contributed by atoms with van der Waals surface area (Å²) >= 11 is 1.03. The van der Waals surface area contributed by atoms with E-state index in [0.717, 1.165) is 43.2 Å². The van der Waals surface area contributed by atoms with E-state index in [-0.39, 0.29) is 10.9 Å². The van der Waals surface area contributed by atoms with E-state index >= 15 is 0 Å². The Morgan fingerprint density at radius 2 is 1.93 bits per heavy atom. The lowest BCUT2D eigenvalue weighted by Gasteiger charge is -2.25. The molecule has 10 heteroatoms. The Labute approximate surface area is 161 Å². The van der Waals surface area contributed by atoms with E-state index in [4.69, 9.17) is 0 Å². The number of fused-ring (bicyclic) bond motifs is 1. The van der Waals surface area contributed by atoms with Gasteiger partial charge in [0.05, 0.1) is 17.8 Å². The standard InChI is InChI=1S/C17H20N6O2S2/c24-27(25,15-9-3-7-13-16(15)21-26-20-13)23-10-4-8-14(23)17-19-18-11-22(17)12-5-1-2-6-12/h3,7,9,11-12,14H,1-2,4-6,8,10H2. The van der Waals surface area contributed by atoms with Crippen LogP contribution in [0, 0.1) is 0 Å². The van der Waals surface area contributed by atoms with Crippen LogP contribution in [0.25, 0.3) is 11.0 Å². The topological polar surface area (TPSA) is 93.9 Å². The molecule has 5 rings (SSSR count). The van der Waals surface area contributed by atoms with Crippen LogP contribution in [0.3, 0.4) is 0 Å². The zero-order chi connectivity index (χ0) is 18.4. The van der Waals surface area contributed by atoms with Crippen molar-refractivity contribution in [2.75, 3.05) is 6.54 Å². The third-order valence-corrected chi connectivity index (χ3v) is 8.14. The highest BCUT2D eigenvalue weighted by molar-refractivity contribution is 7.89. The van der Waals surface area contributed by atoms with E-state index in [1.807, 2.05) is 0 Å².